The van der Waals surface area contributed by atoms with Crippen molar-refractivity contribution in [2.75, 3.05) is 25.1 Å². The zero-order chi connectivity index (χ0) is 12.3. The SMILES string of the molecule is CC(C)N1CCC(C(N)CS(C)(=O)=O)CC1. The molecule has 0 spiro atoms. The lowest BCUT2D eigenvalue weighted by Crippen LogP contribution is -2.45. The molecule has 2 N–H and O–H groups in total. The quantitative estimate of drug-likeness (QED) is 0.786. The van der Waals surface area contributed by atoms with Crippen molar-refractivity contribution in [3.05, 3.63) is 0 Å². The molecule has 1 unspecified atom stereocenters. The van der Waals surface area contributed by atoms with Gasteiger partial charge in [-0.15, -0.1) is 0 Å². The Morgan fingerprint density at radius 1 is 1.31 bits per heavy atom. The molecule has 16 heavy (non-hydrogen) atoms. The topological polar surface area (TPSA) is 63.4 Å². The maximum atomic E-state index is 11.2. The standard InChI is InChI=1S/C11H24N2O2S/c1-9(2)13-6-4-10(5-7-13)11(12)8-16(3,14)15/h9-11H,4-8,12H2,1-3H3. The zero-order valence-corrected chi connectivity index (χ0v) is 11.3. The first kappa shape index (κ1) is 13.9. The van der Waals surface area contributed by atoms with Gasteiger partial charge in [0.15, 0.2) is 0 Å². The fraction of sp³-hybridized carbons (Fsp3) is 1.00. The summed E-state index contributed by atoms with van der Waals surface area (Å²) in [6, 6.07) is 0.386. The van der Waals surface area contributed by atoms with Gasteiger partial charge in [-0.05, 0) is 45.7 Å². The van der Waals surface area contributed by atoms with E-state index < -0.39 is 9.84 Å². The molecular weight excluding hydrogens is 224 g/mol. The molecule has 1 fully saturated rings. The summed E-state index contributed by atoms with van der Waals surface area (Å²) in [5.74, 6) is 0.490. The zero-order valence-electron chi connectivity index (χ0n) is 10.5. The van der Waals surface area contributed by atoms with Crippen LogP contribution in [0.15, 0.2) is 0 Å². The predicted molar refractivity (Wildman–Crippen MR) is 67.1 cm³/mol. The third kappa shape index (κ3) is 4.39. The number of hydrogen-bond acceptors (Lipinski definition) is 4. The molecule has 1 saturated heterocycles. The Labute approximate surface area is 99.1 Å². The van der Waals surface area contributed by atoms with E-state index in [9.17, 15) is 8.42 Å². The molecule has 1 atom stereocenters. The van der Waals surface area contributed by atoms with Crippen LogP contribution in [0.5, 0.6) is 0 Å². The molecule has 0 saturated carbocycles. The average molecular weight is 248 g/mol. The second kappa shape index (κ2) is 5.47. The lowest BCUT2D eigenvalue weighted by Gasteiger charge is -2.36. The Morgan fingerprint density at radius 2 is 1.81 bits per heavy atom. The summed E-state index contributed by atoms with van der Waals surface area (Å²) in [6.07, 6.45) is 3.31. The Balaban J connectivity index is 2.42. The smallest absolute Gasteiger partial charge is 0.148 e. The highest BCUT2D eigenvalue weighted by molar-refractivity contribution is 7.90. The molecule has 0 radical (unpaired) electrons. The fourth-order valence-corrected chi connectivity index (χ4v) is 3.32. The van der Waals surface area contributed by atoms with Gasteiger partial charge in [-0.1, -0.05) is 0 Å². The summed E-state index contributed by atoms with van der Waals surface area (Å²) in [5.41, 5.74) is 5.96. The molecule has 96 valence electrons. The molecule has 1 aliphatic heterocycles. The summed E-state index contributed by atoms with van der Waals surface area (Å²) in [4.78, 5) is 2.42. The highest BCUT2D eigenvalue weighted by Gasteiger charge is 2.27. The molecule has 1 rings (SSSR count). The van der Waals surface area contributed by atoms with Gasteiger partial charge in [0.2, 0.25) is 0 Å². The normalized spacial score (nSPS) is 22.6. The Morgan fingerprint density at radius 3 is 2.19 bits per heavy atom. The summed E-state index contributed by atoms with van der Waals surface area (Å²) >= 11 is 0. The number of rotatable bonds is 4. The minimum absolute atomic E-state index is 0.124. The van der Waals surface area contributed by atoms with Gasteiger partial charge in [-0.2, -0.15) is 0 Å². The molecular formula is C11H24N2O2S. The maximum Gasteiger partial charge on any atom is 0.148 e. The molecule has 0 bridgehead atoms. The minimum atomic E-state index is -2.94. The van der Waals surface area contributed by atoms with E-state index in [0.29, 0.717) is 12.0 Å². The Bertz CT molecular complexity index is 306. The van der Waals surface area contributed by atoms with Crippen LogP contribution in [0.2, 0.25) is 0 Å². The molecule has 1 aliphatic rings. The largest absolute Gasteiger partial charge is 0.327 e. The van der Waals surface area contributed by atoms with E-state index >= 15 is 0 Å². The first-order valence-electron chi connectivity index (χ1n) is 5.97. The molecule has 0 aromatic rings. The Hall–Kier alpha value is -0.130. The van der Waals surface area contributed by atoms with Crippen LogP contribution in [0, 0.1) is 5.92 Å². The third-order valence-electron chi connectivity index (χ3n) is 3.41. The van der Waals surface area contributed by atoms with Gasteiger partial charge in [0.05, 0.1) is 5.75 Å². The molecule has 1 heterocycles. The van der Waals surface area contributed by atoms with E-state index in [1.54, 1.807) is 0 Å². The van der Waals surface area contributed by atoms with Crippen molar-refractivity contribution in [2.24, 2.45) is 11.7 Å². The van der Waals surface area contributed by atoms with Crippen LogP contribution in [0.1, 0.15) is 26.7 Å². The predicted octanol–water partition coefficient (Wildman–Crippen LogP) is 0.479. The number of likely N-dealkylation sites (tertiary alicyclic amines) is 1. The van der Waals surface area contributed by atoms with E-state index in [1.165, 1.54) is 6.26 Å². The van der Waals surface area contributed by atoms with E-state index in [-0.39, 0.29) is 11.8 Å². The minimum Gasteiger partial charge on any atom is -0.327 e. The second-order valence-electron chi connectivity index (χ2n) is 5.22. The van der Waals surface area contributed by atoms with Crippen LogP contribution in [0.25, 0.3) is 0 Å². The van der Waals surface area contributed by atoms with Gasteiger partial charge in [-0.25, -0.2) is 8.42 Å². The molecule has 0 aliphatic carbocycles. The van der Waals surface area contributed by atoms with Gasteiger partial charge in [0.25, 0.3) is 0 Å². The van der Waals surface area contributed by atoms with Crippen LogP contribution >= 0.6 is 0 Å². The highest BCUT2D eigenvalue weighted by atomic mass is 32.2. The van der Waals surface area contributed by atoms with Gasteiger partial charge < -0.3 is 10.6 Å². The van der Waals surface area contributed by atoms with Crippen LogP contribution in [-0.4, -0.2) is 50.5 Å². The highest BCUT2D eigenvalue weighted by Crippen LogP contribution is 2.21. The van der Waals surface area contributed by atoms with E-state index in [1.807, 2.05) is 0 Å². The molecule has 5 heteroatoms. The van der Waals surface area contributed by atoms with Gasteiger partial charge in [0, 0.05) is 18.3 Å². The number of nitrogens with two attached hydrogens (primary N) is 1. The van der Waals surface area contributed by atoms with Gasteiger partial charge in [0.1, 0.15) is 9.84 Å². The van der Waals surface area contributed by atoms with Crippen molar-refractivity contribution in [1.29, 1.82) is 0 Å². The second-order valence-corrected chi connectivity index (χ2v) is 7.41. The van der Waals surface area contributed by atoms with E-state index in [4.69, 9.17) is 5.73 Å². The molecule has 0 aromatic carbocycles. The summed E-state index contributed by atoms with van der Waals surface area (Å²) in [5, 5.41) is 0. The Kier molecular flexibility index (Phi) is 4.76. The third-order valence-corrected chi connectivity index (χ3v) is 4.40. The molecule has 4 nitrogen and oxygen atoms in total. The van der Waals surface area contributed by atoms with E-state index in [2.05, 4.69) is 18.7 Å². The first-order valence-corrected chi connectivity index (χ1v) is 8.03. The van der Waals surface area contributed by atoms with E-state index in [0.717, 1.165) is 25.9 Å². The first-order chi connectivity index (χ1) is 7.29. The molecule has 0 amide bonds. The van der Waals surface area contributed by atoms with Crippen LogP contribution in [-0.2, 0) is 9.84 Å². The van der Waals surface area contributed by atoms with Crippen molar-refractivity contribution < 1.29 is 8.42 Å². The number of hydrogen-bond donors (Lipinski definition) is 1. The summed E-state index contributed by atoms with van der Waals surface area (Å²) < 4.78 is 22.3. The molecule has 0 aromatic heterocycles. The van der Waals surface area contributed by atoms with Crippen molar-refractivity contribution in [3.63, 3.8) is 0 Å². The number of piperidine rings is 1. The van der Waals surface area contributed by atoms with Crippen molar-refractivity contribution in [2.45, 2.75) is 38.8 Å². The van der Waals surface area contributed by atoms with Crippen molar-refractivity contribution in [1.82, 2.24) is 4.90 Å². The summed E-state index contributed by atoms with van der Waals surface area (Å²) in [7, 11) is -2.94. The van der Waals surface area contributed by atoms with Crippen molar-refractivity contribution >= 4 is 9.84 Å². The number of sulfone groups is 1. The maximum absolute atomic E-state index is 11.2. The fourth-order valence-electron chi connectivity index (χ4n) is 2.35. The van der Waals surface area contributed by atoms with Crippen molar-refractivity contribution in [3.8, 4) is 0 Å². The van der Waals surface area contributed by atoms with Crippen LogP contribution in [0.4, 0.5) is 0 Å². The summed E-state index contributed by atoms with van der Waals surface area (Å²) in [6.45, 7) is 6.47. The average Bonchev–Trinajstić information content (AvgIpc) is 2.15. The lowest BCUT2D eigenvalue weighted by atomic mass is 9.90. The van der Waals surface area contributed by atoms with Gasteiger partial charge in [-0.3, -0.25) is 0 Å². The van der Waals surface area contributed by atoms with Crippen LogP contribution < -0.4 is 5.73 Å². The monoisotopic (exact) mass is 248 g/mol. The number of nitrogens with zero attached hydrogens (tertiary/aromatic N) is 1. The van der Waals surface area contributed by atoms with Gasteiger partial charge >= 0.3 is 0 Å². The van der Waals surface area contributed by atoms with Crippen LogP contribution in [0.3, 0.4) is 0 Å². The lowest BCUT2D eigenvalue weighted by molar-refractivity contribution is 0.141.